The third kappa shape index (κ3) is 2.33. The molecule has 23 heavy (non-hydrogen) atoms. The molecule has 4 nitrogen and oxygen atoms in total. The zero-order valence-corrected chi connectivity index (χ0v) is 13.7. The first-order valence-electron chi connectivity index (χ1n) is 8.21. The lowest BCUT2D eigenvalue weighted by Gasteiger charge is -2.50. The molecule has 0 saturated carbocycles. The second-order valence-electron chi connectivity index (χ2n) is 6.81. The van der Waals surface area contributed by atoms with Crippen molar-refractivity contribution in [3.8, 4) is 5.75 Å². The Morgan fingerprint density at radius 1 is 1.13 bits per heavy atom. The van der Waals surface area contributed by atoms with Gasteiger partial charge in [0.25, 0.3) is 0 Å². The molecule has 0 amide bonds. The SMILES string of the molecule is COc1ccc2ccccc2c1C1(O)CC2COCC(C1)N2C. The number of aliphatic hydroxyl groups is 1. The number of benzene rings is 2. The van der Waals surface area contributed by atoms with Crippen molar-refractivity contribution in [1.82, 2.24) is 4.90 Å². The number of hydrogen-bond donors (Lipinski definition) is 1. The van der Waals surface area contributed by atoms with Crippen molar-refractivity contribution in [2.24, 2.45) is 0 Å². The Morgan fingerprint density at radius 2 is 1.83 bits per heavy atom. The quantitative estimate of drug-likeness (QED) is 0.925. The maximum Gasteiger partial charge on any atom is 0.125 e. The number of fused-ring (bicyclic) bond motifs is 3. The summed E-state index contributed by atoms with van der Waals surface area (Å²) in [6.07, 6.45) is 1.34. The Hall–Kier alpha value is -1.62. The number of ether oxygens (including phenoxy) is 2. The molecule has 0 radical (unpaired) electrons. The van der Waals surface area contributed by atoms with Crippen molar-refractivity contribution in [2.75, 3.05) is 27.4 Å². The average molecular weight is 313 g/mol. The molecular weight excluding hydrogens is 290 g/mol. The van der Waals surface area contributed by atoms with Gasteiger partial charge in [0.15, 0.2) is 0 Å². The van der Waals surface area contributed by atoms with Gasteiger partial charge < -0.3 is 14.6 Å². The highest BCUT2D eigenvalue weighted by atomic mass is 16.5. The fraction of sp³-hybridized carbons (Fsp3) is 0.474. The molecule has 2 bridgehead atoms. The van der Waals surface area contributed by atoms with Gasteiger partial charge in [-0.3, -0.25) is 4.90 Å². The normalized spacial score (nSPS) is 31.3. The van der Waals surface area contributed by atoms with Crippen LogP contribution in [0, 0.1) is 0 Å². The van der Waals surface area contributed by atoms with Gasteiger partial charge in [0.2, 0.25) is 0 Å². The summed E-state index contributed by atoms with van der Waals surface area (Å²) >= 11 is 0. The van der Waals surface area contributed by atoms with Crippen molar-refractivity contribution in [3.63, 3.8) is 0 Å². The van der Waals surface area contributed by atoms with Gasteiger partial charge in [0.1, 0.15) is 5.75 Å². The van der Waals surface area contributed by atoms with E-state index in [1.807, 2.05) is 18.2 Å². The Morgan fingerprint density at radius 3 is 2.52 bits per heavy atom. The molecule has 2 aliphatic rings. The largest absolute Gasteiger partial charge is 0.496 e. The molecule has 2 aliphatic heterocycles. The molecule has 122 valence electrons. The van der Waals surface area contributed by atoms with Gasteiger partial charge in [-0.1, -0.05) is 30.3 Å². The summed E-state index contributed by atoms with van der Waals surface area (Å²) in [4.78, 5) is 2.36. The van der Waals surface area contributed by atoms with E-state index in [4.69, 9.17) is 9.47 Å². The van der Waals surface area contributed by atoms with E-state index in [1.54, 1.807) is 7.11 Å². The summed E-state index contributed by atoms with van der Waals surface area (Å²) < 4.78 is 11.3. The summed E-state index contributed by atoms with van der Waals surface area (Å²) in [5, 5.41) is 13.8. The van der Waals surface area contributed by atoms with Gasteiger partial charge in [-0.25, -0.2) is 0 Å². The number of rotatable bonds is 2. The molecule has 0 aliphatic carbocycles. The monoisotopic (exact) mass is 313 g/mol. The third-order valence-corrected chi connectivity index (χ3v) is 5.50. The number of likely N-dealkylation sites (N-methyl/N-ethyl adjacent to an activating group) is 1. The highest BCUT2D eigenvalue weighted by molar-refractivity contribution is 5.88. The number of morpholine rings is 1. The summed E-state index contributed by atoms with van der Waals surface area (Å²) in [5.74, 6) is 0.773. The molecule has 2 aromatic carbocycles. The maximum absolute atomic E-state index is 11.6. The first kappa shape index (κ1) is 14.9. The van der Waals surface area contributed by atoms with Crippen molar-refractivity contribution in [2.45, 2.75) is 30.5 Å². The van der Waals surface area contributed by atoms with Crippen molar-refractivity contribution >= 4 is 10.8 Å². The van der Waals surface area contributed by atoms with Crippen LogP contribution in [0.3, 0.4) is 0 Å². The van der Waals surface area contributed by atoms with Crippen molar-refractivity contribution in [3.05, 3.63) is 42.0 Å². The van der Waals surface area contributed by atoms with Crippen molar-refractivity contribution in [1.29, 1.82) is 0 Å². The van der Waals surface area contributed by atoms with Crippen molar-refractivity contribution < 1.29 is 14.6 Å². The van der Waals surface area contributed by atoms with Gasteiger partial charge in [-0.15, -0.1) is 0 Å². The van der Waals surface area contributed by atoms with E-state index in [1.165, 1.54) is 0 Å². The highest BCUT2D eigenvalue weighted by Gasteiger charge is 2.47. The van der Waals surface area contributed by atoms with Crippen LogP contribution in [0.15, 0.2) is 36.4 Å². The molecule has 4 heteroatoms. The molecule has 0 aromatic heterocycles. The molecule has 2 heterocycles. The fourth-order valence-corrected chi connectivity index (χ4v) is 4.25. The van der Waals surface area contributed by atoms with Crippen LogP contribution in [0.1, 0.15) is 18.4 Å². The minimum Gasteiger partial charge on any atom is -0.496 e. The average Bonchev–Trinajstić information content (AvgIpc) is 2.55. The Bertz CT molecular complexity index is 716. The Labute approximate surface area is 136 Å². The lowest BCUT2D eigenvalue weighted by Crippen LogP contribution is -2.59. The summed E-state index contributed by atoms with van der Waals surface area (Å²) in [7, 11) is 3.81. The third-order valence-electron chi connectivity index (χ3n) is 5.50. The molecule has 2 saturated heterocycles. The van der Waals surface area contributed by atoms with Gasteiger partial charge in [0, 0.05) is 17.6 Å². The van der Waals surface area contributed by atoms with Crippen LogP contribution in [0.2, 0.25) is 0 Å². The predicted molar refractivity (Wildman–Crippen MR) is 89.8 cm³/mol. The van der Waals surface area contributed by atoms with E-state index in [2.05, 4.69) is 30.1 Å². The van der Waals surface area contributed by atoms with Crippen LogP contribution >= 0.6 is 0 Å². The van der Waals surface area contributed by atoms with Crippen LogP contribution in [0.4, 0.5) is 0 Å². The van der Waals surface area contributed by atoms with E-state index >= 15 is 0 Å². The number of methoxy groups -OCH3 is 1. The van der Waals surface area contributed by atoms with Crippen LogP contribution in [-0.4, -0.2) is 49.5 Å². The summed E-state index contributed by atoms with van der Waals surface area (Å²) in [6, 6.07) is 12.7. The summed E-state index contributed by atoms with van der Waals surface area (Å²) in [6.45, 7) is 1.37. The maximum atomic E-state index is 11.6. The topological polar surface area (TPSA) is 41.9 Å². The van der Waals surface area contributed by atoms with Crippen LogP contribution in [0.25, 0.3) is 10.8 Å². The molecule has 2 aromatic rings. The lowest BCUT2D eigenvalue weighted by molar-refractivity contribution is -0.137. The van der Waals surface area contributed by atoms with Crippen LogP contribution in [-0.2, 0) is 10.3 Å². The van der Waals surface area contributed by atoms with E-state index < -0.39 is 5.60 Å². The van der Waals surface area contributed by atoms with E-state index in [0.29, 0.717) is 26.1 Å². The molecular formula is C19H23NO3. The zero-order chi connectivity index (χ0) is 16.0. The molecule has 2 fully saturated rings. The number of hydrogen-bond acceptors (Lipinski definition) is 4. The minimum absolute atomic E-state index is 0.246. The van der Waals surface area contributed by atoms with Gasteiger partial charge >= 0.3 is 0 Å². The van der Waals surface area contributed by atoms with E-state index in [-0.39, 0.29) is 12.1 Å². The smallest absolute Gasteiger partial charge is 0.125 e. The molecule has 0 spiro atoms. The summed E-state index contributed by atoms with van der Waals surface area (Å²) in [5.41, 5.74) is 0.0563. The Kier molecular flexibility index (Phi) is 3.56. The van der Waals surface area contributed by atoms with Gasteiger partial charge in [0.05, 0.1) is 25.9 Å². The standard InChI is InChI=1S/C19H23NO3/c1-20-14-9-19(21,10-15(20)12-23-11-14)18-16-6-4-3-5-13(16)7-8-17(18)22-2/h3-8,14-15,21H,9-12H2,1-2H3. The second-order valence-corrected chi connectivity index (χ2v) is 6.81. The first-order chi connectivity index (χ1) is 11.1. The molecule has 1 N–H and O–H groups in total. The van der Waals surface area contributed by atoms with E-state index in [9.17, 15) is 5.11 Å². The van der Waals surface area contributed by atoms with Gasteiger partial charge in [-0.05, 0) is 36.7 Å². The molecule has 2 atom stereocenters. The second kappa shape index (κ2) is 5.48. The molecule has 4 rings (SSSR count). The molecule has 2 unspecified atom stereocenters. The van der Waals surface area contributed by atoms with Gasteiger partial charge in [-0.2, -0.15) is 0 Å². The lowest BCUT2D eigenvalue weighted by atomic mass is 9.75. The number of piperidine rings is 1. The Balaban J connectivity index is 1.87. The number of nitrogens with zero attached hydrogens (tertiary/aromatic N) is 1. The highest BCUT2D eigenvalue weighted by Crippen LogP contribution is 2.46. The zero-order valence-electron chi connectivity index (χ0n) is 13.7. The fourth-order valence-electron chi connectivity index (χ4n) is 4.25. The predicted octanol–water partition coefficient (Wildman–Crippen LogP) is 2.53. The van der Waals surface area contributed by atoms with Crippen LogP contribution < -0.4 is 4.74 Å². The van der Waals surface area contributed by atoms with Crippen LogP contribution in [0.5, 0.6) is 5.75 Å². The van der Waals surface area contributed by atoms with E-state index in [0.717, 1.165) is 22.1 Å². The first-order valence-corrected chi connectivity index (χ1v) is 8.21. The minimum atomic E-state index is -0.877.